The Hall–Kier alpha value is 0.420. The van der Waals surface area contributed by atoms with Crippen molar-refractivity contribution in [3.8, 4) is 0 Å². The third-order valence-corrected chi connectivity index (χ3v) is 6.12. The molecule has 0 aliphatic carbocycles. The molecule has 1 aromatic heterocycles. The molecule has 1 aromatic carbocycles. The van der Waals surface area contributed by atoms with Crippen LogP contribution in [0.5, 0.6) is 0 Å². The highest BCUT2D eigenvalue weighted by Crippen LogP contribution is 2.39. The fourth-order valence-electron chi connectivity index (χ4n) is 1.81. The summed E-state index contributed by atoms with van der Waals surface area (Å²) in [5, 5.41) is 4.93. The number of nitrogens with one attached hydrogen (secondary N) is 1. The quantitative estimate of drug-likeness (QED) is 0.586. The van der Waals surface area contributed by atoms with E-state index in [1.165, 1.54) is 0 Å². The van der Waals surface area contributed by atoms with Gasteiger partial charge in [-0.3, -0.25) is 0 Å². The molecule has 2 rings (SSSR count). The van der Waals surface area contributed by atoms with Crippen LogP contribution in [0.4, 0.5) is 0 Å². The lowest BCUT2D eigenvalue weighted by Crippen LogP contribution is -2.21. The molecule has 0 aliphatic heterocycles. The Morgan fingerprint density at radius 3 is 2.58 bits per heavy atom. The van der Waals surface area contributed by atoms with Gasteiger partial charge in [-0.05, 0) is 52.3 Å². The van der Waals surface area contributed by atoms with E-state index < -0.39 is 0 Å². The van der Waals surface area contributed by atoms with Crippen LogP contribution >= 0.6 is 66.4 Å². The normalized spacial score (nSPS) is 12.7. The molecule has 0 spiro atoms. The minimum Gasteiger partial charge on any atom is -0.306 e. The Morgan fingerprint density at radius 2 is 2.00 bits per heavy atom. The lowest BCUT2D eigenvalue weighted by molar-refractivity contribution is 0.637. The molecular formula is C13H11Br2Cl2NS. The predicted molar refractivity (Wildman–Crippen MR) is 91.7 cm³/mol. The molecule has 1 heterocycles. The molecule has 1 unspecified atom stereocenters. The number of halogens is 4. The minimum absolute atomic E-state index is 0.0758. The highest BCUT2D eigenvalue weighted by molar-refractivity contribution is 9.11. The van der Waals surface area contributed by atoms with Crippen molar-refractivity contribution in [1.82, 2.24) is 5.32 Å². The molecule has 0 fully saturated rings. The zero-order valence-corrected chi connectivity index (χ0v) is 15.5. The minimum atomic E-state index is 0.0758. The van der Waals surface area contributed by atoms with Gasteiger partial charge in [-0.1, -0.05) is 46.1 Å². The van der Waals surface area contributed by atoms with E-state index >= 15 is 0 Å². The first kappa shape index (κ1) is 15.8. The standard InChI is InChI=1S/C13H11Br2Cl2NS/c1-2-18-12(11-6-10(17)13(15)19-11)8-5-7(16)3-4-9(8)14/h3-6,12,18H,2H2,1H3. The van der Waals surface area contributed by atoms with Crippen molar-refractivity contribution in [2.45, 2.75) is 13.0 Å². The summed E-state index contributed by atoms with van der Waals surface area (Å²) in [4.78, 5) is 1.15. The first-order valence-electron chi connectivity index (χ1n) is 5.66. The van der Waals surface area contributed by atoms with E-state index in [2.05, 4.69) is 44.1 Å². The van der Waals surface area contributed by atoms with Gasteiger partial charge in [0.1, 0.15) is 0 Å². The van der Waals surface area contributed by atoms with E-state index in [0.29, 0.717) is 0 Å². The molecule has 0 saturated heterocycles. The van der Waals surface area contributed by atoms with Crippen LogP contribution in [-0.4, -0.2) is 6.54 Å². The van der Waals surface area contributed by atoms with Crippen LogP contribution in [0.1, 0.15) is 23.4 Å². The molecule has 102 valence electrons. The molecular weight excluding hydrogens is 433 g/mol. The lowest BCUT2D eigenvalue weighted by Gasteiger charge is -2.18. The van der Waals surface area contributed by atoms with Crippen LogP contribution in [0.2, 0.25) is 10.0 Å². The second kappa shape index (κ2) is 6.92. The van der Waals surface area contributed by atoms with E-state index in [-0.39, 0.29) is 6.04 Å². The highest BCUT2D eigenvalue weighted by atomic mass is 79.9. The van der Waals surface area contributed by atoms with Gasteiger partial charge in [0.15, 0.2) is 0 Å². The Labute approximate surface area is 143 Å². The first-order valence-corrected chi connectivity index (χ1v) is 8.81. The Kier molecular flexibility index (Phi) is 5.76. The molecule has 1 nitrogen and oxygen atoms in total. The average Bonchev–Trinajstić information content (AvgIpc) is 2.70. The SMILES string of the molecule is CCNC(c1cc(Cl)c(Br)s1)c1cc(Cl)ccc1Br. The largest absolute Gasteiger partial charge is 0.306 e. The number of rotatable bonds is 4. The maximum Gasteiger partial charge on any atom is 0.0888 e. The Balaban J connectivity index is 2.47. The van der Waals surface area contributed by atoms with E-state index in [1.807, 2.05) is 24.3 Å². The van der Waals surface area contributed by atoms with Crippen molar-refractivity contribution in [1.29, 1.82) is 0 Å². The molecule has 2 aromatic rings. The van der Waals surface area contributed by atoms with Crippen LogP contribution in [0.15, 0.2) is 32.5 Å². The van der Waals surface area contributed by atoms with Gasteiger partial charge in [-0.15, -0.1) is 11.3 Å². The molecule has 0 saturated carbocycles. The predicted octanol–water partition coefficient (Wildman–Crippen LogP) is 6.28. The molecule has 0 amide bonds. The van der Waals surface area contributed by atoms with Gasteiger partial charge in [-0.2, -0.15) is 0 Å². The van der Waals surface area contributed by atoms with Crippen molar-refractivity contribution >= 4 is 66.4 Å². The molecule has 0 bridgehead atoms. The summed E-state index contributed by atoms with van der Waals surface area (Å²) in [6.07, 6.45) is 0. The maximum absolute atomic E-state index is 6.13. The van der Waals surface area contributed by atoms with E-state index in [1.54, 1.807) is 11.3 Å². The highest BCUT2D eigenvalue weighted by Gasteiger charge is 2.19. The lowest BCUT2D eigenvalue weighted by atomic mass is 10.1. The summed E-state index contributed by atoms with van der Waals surface area (Å²) in [5.41, 5.74) is 1.11. The van der Waals surface area contributed by atoms with Crippen molar-refractivity contribution in [2.24, 2.45) is 0 Å². The van der Waals surface area contributed by atoms with Crippen molar-refractivity contribution in [2.75, 3.05) is 6.54 Å². The maximum atomic E-state index is 6.13. The van der Waals surface area contributed by atoms with Crippen LogP contribution in [0.3, 0.4) is 0 Å². The van der Waals surface area contributed by atoms with Crippen LogP contribution in [0, 0.1) is 0 Å². The van der Waals surface area contributed by atoms with Gasteiger partial charge < -0.3 is 5.32 Å². The second-order valence-corrected chi connectivity index (χ2v) is 8.03. The molecule has 1 atom stereocenters. The molecule has 19 heavy (non-hydrogen) atoms. The topological polar surface area (TPSA) is 12.0 Å². The van der Waals surface area contributed by atoms with Gasteiger partial charge in [0.25, 0.3) is 0 Å². The van der Waals surface area contributed by atoms with Gasteiger partial charge in [0, 0.05) is 14.4 Å². The third kappa shape index (κ3) is 3.74. The molecule has 0 aliphatic rings. The van der Waals surface area contributed by atoms with Gasteiger partial charge in [0.2, 0.25) is 0 Å². The zero-order chi connectivity index (χ0) is 14.0. The Bertz CT molecular complexity index is 567. The van der Waals surface area contributed by atoms with Crippen molar-refractivity contribution in [3.63, 3.8) is 0 Å². The summed E-state index contributed by atoms with van der Waals surface area (Å²) < 4.78 is 1.98. The van der Waals surface area contributed by atoms with Crippen molar-refractivity contribution in [3.05, 3.63) is 53.0 Å². The molecule has 6 heteroatoms. The summed E-state index contributed by atoms with van der Waals surface area (Å²) >= 11 is 20.9. The van der Waals surface area contributed by atoms with Crippen LogP contribution in [-0.2, 0) is 0 Å². The summed E-state index contributed by atoms with van der Waals surface area (Å²) in [7, 11) is 0. The van der Waals surface area contributed by atoms with Crippen molar-refractivity contribution < 1.29 is 0 Å². The van der Waals surface area contributed by atoms with E-state index in [0.717, 1.165) is 35.3 Å². The van der Waals surface area contributed by atoms with E-state index in [9.17, 15) is 0 Å². The number of hydrogen-bond acceptors (Lipinski definition) is 2. The second-order valence-electron chi connectivity index (χ2n) is 3.93. The first-order chi connectivity index (χ1) is 9.02. The van der Waals surface area contributed by atoms with Crippen LogP contribution in [0.25, 0.3) is 0 Å². The summed E-state index contributed by atoms with van der Waals surface area (Å²) in [6, 6.07) is 7.87. The summed E-state index contributed by atoms with van der Waals surface area (Å²) in [5.74, 6) is 0. The monoisotopic (exact) mass is 441 g/mol. The fraction of sp³-hybridized carbons (Fsp3) is 0.231. The number of benzene rings is 1. The molecule has 1 N–H and O–H groups in total. The summed E-state index contributed by atoms with van der Waals surface area (Å²) in [6.45, 7) is 2.94. The smallest absolute Gasteiger partial charge is 0.0888 e. The van der Waals surface area contributed by atoms with Gasteiger partial charge in [0.05, 0.1) is 14.9 Å². The fourth-order valence-corrected chi connectivity index (χ4v) is 4.31. The van der Waals surface area contributed by atoms with Crippen LogP contribution < -0.4 is 5.32 Å². The van der Waals surface area contributed by atoms with E-state index in [4.69, 9.17) is 23.2 Å². The third-order valence-electron chi connectivity index (χ3n) is 2.63. The zero-order valence-electron chi connectivity index (χ0n) is 10.0. The average molecular weight is 444 g/mol. The molecule has 0 radical (unpaired) electrons. The number of hydrogen-bond donors (Lipinski definition) is 1. The number of thiophene rings is 1. The van der Waals surface area contributed by atoms with Gasteiger partial charge in [-0.25, -0.2) is 0 Å². The van der Waals surface area contributed by atoms with Gasteiger partial charge >= 0.3 is 0 Å². The Morgan fingerprint density at radius 1 is 1.26 bits per heavy atom.